The summed E-state index contributed by atoms with van der Waals surface area (Å²) in [6.07, 6.45) is 0. The van der Waals surface area contributed by atoms with Crippen LogP contribution in [0.4, 0.5) is 11.5 Å². The van der Waals surface area contributed by atoms with Gasteiger partial charge in [0.25, 0.3) is 10.0 Å². The fourth-order valence-electron chi connectivity index (χ4n) is 1.83. The third-order valence-corrected chi connectivity index (χ3v) is 4.51. The van der Waals surface area contributed by atoms with Crippen LogP contribution in [-0.2, 0) is 10.0 Å². The third-order valence-electron chi connectivity index (χ3n) is 2.60. The Kier molecular flexibility index (Phi) is 4.01. The summed E-state index contributed by atoms with van der Waals surface area (Å²) in [6.45, 7) is 3.68. The molecule has 0 aliphatic rings. The van der Waals surface area contributed by atoms with E-state index < -0.39 is 10.0 Å². The summed E-state index contributed by atoms with van der Waals surface area (Å²) >= 11 is 3.23. The Morgan fingerprint density at radius 3 is 2.55 bits per heavy atom. The molecule has 106 valence electrons. The van der Waals surface area contributed by atoms with Crippen LogP contribution >= 0.6 is 15.9 Å². The van der Waals surface area contributed by atoms with Crippen molar-refractivity contribution in [2.75, 3.05) is 10.5 Å². The van der Waals surface area contributed by atoms with E-state index in [1.807, 2.05) is 13.0 Å². The van der Waals surface area contributed by atoms with Crippen molar-refractivity contribution in [2.45, 2.75) is 18.7 Å². The van der Waals surface area contributed by atoms with Crippen LogP contribution in [0.5, 0.6) is 0 Å². The second-order valence-corrected chi connectivity index (χ2v) is 7.03. The SMILES string of the molecule is Cc1cc(C)nc(NS(=O)(=O)c2cc(Br)ccc2N)c1. The van der Waals surface area contributed by atoms with E-state index in [1.54, 1.807) is 19.1 Å². The highest BCUT2D eigenvalue weighted by molar-refractivity contribution is 9.10. The number of pyridine rings is 1. The molecular weight excluding hydrogens is 342 g/mol. The number of hydrogen-bond donors (Lipinski definition) is 2. The molecule has 0 spiro atoms. The van der Waals surface area contributed by atoms with E-state index in [1.165, 1.54) is 12.1 Å². The maximum absolute atomic E-state index is 12.3. The molecule has 0 atom stereocenters. The van der Waals surface area contributed by atoms with Crippen molar-refractivity contribution in [1.82, 2.24) is 4.98 Å². The van der Waals surface area contributed by atoms with Gasteiger partial charge in [-0.25, -0.2) is 13.4 Å². The van der Waals surface area contributed by atoms with Crippen molar-refractivity contribution in [3.63, 3.8) is 0 Å². The normalized spacial score (nSPS) is 11.3. The van der Waals surface area contributed by atoms with Crippen LogP contribution in [0.15, 0.2) is 39.7 Å². The molecule has 0 unspecified atom stereocenters. The smallest absolute Gasteiger partial charge is 0.265 e. The second kappa shape index (κ2) is 5.41. The van der Waals surface area contributed by atoms with Gasteiger partial charge in [-0.15, -0.1) is 0 Å². The number of rotatable bonds is 3. The first-order chi connectivity index (χ1) is 9.28. The van der Waals surface area contributed by atoms with E-state index in [-0.39, 0.29) is 16.4 Å². The van der Waals surface area contributed by atoms with Crippen molar-refractivity contribution in [3.05, 3.63) is 46.1 Å². The third kappa shape index (κ3) is 3.29. The minimum atomic E-state index is -3.77. The lowest BCUT2D eigenvalue weighted by molar-refractivity contribution is 0.601. The van der Waals surface area contributed by atoms with Gasteiger partial charge in [-0.05, 0) is 49.7 Å². The van der Waals surface area contributed by atoms with E-state index in [0.717, 1.165) is 11.3 Å². The van der Waals surface area contributed by atoms with Crippen molar-refractivity contribution >= 4 is 37.5 Å². The van der Waals surface area contributed by atoms with Gasteiger partial charge in [-0.3, -0.25) is 4.72 Å². The molecule has 1 aromatic carbocycles. The van der Waals surface area contributed by atoms with Crippen molar-refractivity contribution < 1.29 is 8.42 Å². The maximum atomic E-state index is 12.3. The van der Waals surface area contributed by atoms with Gasteiger partial charge in [0.1, 0.15) is 10.7 Å². The van der Waals surface area contributed by atoms with E-state index >= 15 is 0 Å². The Labute approximate surface area is 126 Å². The van der Waals surface area contributed by atoms with Gasteiger partial charge < -0.3 is 5.73 Å². The summed E-state index contributed by atoms with van der Waals surface area (Å²) in [5, 5.41) is 0. The van der Waals surface area contributed by atoms with Crippen molar-refractivity contribution in [3.8, 4) is 0 Å². The molecule has 0 amide bonds. The zero-order valence-electron chi connectivity index (χ0n) is 11.0. The molecule has 7 heteroatoms. The minimum absolute atomic E-state index is 0.0211. The highest BCUT2D eigenvalue weighted by Gasteiger charge is 2.18. The van der Waals surface area contributed by atoms with Crippen LogP contribution < -0.4 is 10.5 Å². The van der Waals surface area contributed by atoms with Gasteiger partial charge >= 0.3 is 0 Å². The second-order valence-electron chi connectivity index (χ2n) is 4.46. The molecule has 0 radical (unpaired) electrons. The molecule has 0 bridgehead atoms. The van der Waals surface area contributed by atoms with Gasteiger partial charge in [0.2, 0.25) is 0 Å². The fraction of sp³-hybridized carbons (Fsp3) is 0.154. The summed E-state index contributed by atoms with van der Waals surface area (Å²) in [7, 11) is -3.77. The maximum Gasteiger partial charge on any atom is 0.265 e. The highest BCUT2D eigenvalue weighted by atomic mass is 79.9. The van der Waals surface area contributed by atoms with Crippen LogP contribution in [0, 0.1) is 13.8 Å². The van der Waals surface area contributed by atoms with Crippen LogP contribution in [0.3, 0.4) is 0 Å². The first-order valence-electron chi connectivity index (χ1n) is 5.81. The lowest BCUT2D eigenvalue weighted by atomic mass is 10.2. The summed E-state index contributed by atoms with van der Waals surface area (Å²) < 4.78 is 27.8. The Balaban J connectivity index is 2.43. The predicted molar refractivity (Wildman–Crippen MR) is 83.1 cm³/mol. The van der Waals surface area contributed by atoms with E-state index in [0.29, 0.717) is 4.47 Å². The van der Waals surface area contributed by atoms with Crippen LogP contribution in [0.1, 0.15) is 11.3 Å². The molecule has 3 N–H and O–H groups in total. The minimum Gasteiger partial charge on any atom is -0.398 e. The fourth-order valence-corrected chi connectivity index (χ4v) is 3.49. The molecule has 1 aromatic heterocycles. The standard InChI is InChI=1S/C13H14BrN3O2S/c1-8-5-9(2)16-13(6-8)17-20(18,19)12-7-10(14)3-4-11(12)15/h3-7H,15H2,1-2H3,(H,16,17). The molecule has 0 saturated carbocycles. The summed E-state index contributed by atoms with van der Waals surface area (Å²) in [5.41, 5.74) is 7.58. The van der Waals surface area contributed by atoms with Crippen LogP contribution in [0.2, 0.25) is 0 Å². The Hall–Kier alpha value is -1.60. The number of benzene rings is 1. The number of hydrogen-bond acceptors (Lipinski definition) is 4. The number of nitrogens with two attached hydrogens (primary N) is 1. The number of anilines is 2. The first kappa shape index (κ1) is 14.8. The average Bonchev–Trinajstić information content (AvgIpc) is 2.30. The lowest BCUT2D eigenvalue weighted by Crippen LogP contribution is -2.16. The van der Waals surface area contributed by atoms with Crippen LogP contribution in [0.25, 0.3) is 0 Å². The van der Waals surface area contributed by atoms with Gasteiger partial charge in [0, 0.05) is 10.2 Å². The lowest BCUT2D eigenvalue weighted by Gasteiger charge is -2.11. The van der Waals surface area contributed by atoms with Crippen LogP contribution in [-0.4, -0.2) is 13.4 Å². The van der Waals surface area contributed by atoms with Gasteiger partial charge in [0.05, 0.1) is 5.69 Å². The Morgan fingerprint density at radius 2 is 1.90 bits per heavy atom. The molecule has 2 rings (SSSR count). The number of nitrogen functional groups attached to an aromatic ring is 1. The van der Waals surface area contributed by atoms with Crippen molar-refractivity contribution in [2.24, 2.45) is 0 Å². The molecule has 5 nitrogen and oxygen atoms in total. The molecule has 2 aromatic rings. The van der Waals surface area contributed by atoms with Crippen molar-refractivity contribution in [1.29, 1.82) is 0 Å². The predicted octanol–water partition coefficient (Wildman–Crippen LogP) is 2.84. The first-order valence-corrected chi connectivity index (χ1v) is 8.09. The number of halogens is 1. The number of nitrogens with one attached hydrogen (secondary N) is 1. The zero-order chi connectivity index (χ0) is 14.9. The largest absolute Gasteiger partial charge is 0.398 e. The number of aromatic nitrogens is 1. The Bertz CT molecular complexity index is 740. The van der Waals surface area contributed by atoms with E-state index in [2.05, 4.69) is 25.6 Å². The monoisotopic (exact) mass is 355 g/mol. The Morgan fingerprint density at radius 1 is 1.20 bits per heavy atom. The van der Waals surface area contributed by atoms with Gasteiger partial charge in [-0.2, -0.15) is 0 Å². The topological polar surface area (TPSA) is 85.1 Å². The quantitative estimate of drug-likeness (QED) is 0.829. The van der Waals surface area contributed by atoms with Gasteiger partial charge in [0.15, 0.2) is 0 Å². The van der Waals surface area contributed by atoms with E-state index in [9.17, 15) is 8.42 Å². The number of sulfonamides is 1. The summed E-state index contributed by atoms with van der Waals surface area (Å²) in [4.78, 5) is 4.18. The molecule has 1 heterocycles. The molecule has 0 saturated heterocycles. The van der Waals surface area contributed by atoms with Gasteiger partial charge in [-0.1, -0.05) is 15.9 Å². The van der Waals surface area contributed by atoms with E-state index in [4.69, 9.17) is 5.73 Å². The molecule has 0 aliphatic carbocycles. The summed E-state index contributed by atoms with van der Waals surface area (Å²) in [6, 6.07) is 8.21. The molecular formula is C13H14BrN3O2S. The summed E-state index contributed by atoms with van der Waals surface area (Å²) in [5.74, 6) is 0.280. The molecule has 0 aliphatic heterocycles. The average molecular weight is 356 g/mol. The highest BCUT2D eigenvalue weighted by Crippen LogP contribution is 2.25. The molecule has 20 heavy (non-hydrogen) atoms. The zero-order valence-corrected chi connectivity index (χ0v) is 13.4. The molecule has 0 fully saturated rings. The number of aryl methyl sites for hydroxylation is 2. The number of nitrogens with zero attached hydrogens (tertiary/aromatic N) is 1.